The van der Waals surface area contributed by atoms with E-state index in [-0.39, 0.29) is 0 Å². The number of anilines is 2. The molecule has 6 nitrogen and oxygen atoms in total. The predicted octanol–water partition coefficient (Wildman–Crippen LogP) is 1.67. The number of aromatic amines is 1. The van der Waals surface area contributed by atoms with Crippen LogP contribution in [0.3, 0.4) is 0 Å². The van der Waals surface area contributed by atoms with Gasteiger partial charge < -0.3 is 16.5 Å². The Labute approximate surface area is 107 Å². The molecule has 2 heterocycles. The highest BCUT2D eigenvalue weighted by molar-refractivity contribution is 7.99. The Balaban J connectivity index is 2.01. The molecule has 0 saturated heterocycles. The lowest BCUT2D eigenvalue weighted by molar-refractivity contribution is 1.08. The van der Waals surface area contributed by atoms with Crippen molar-refractivity contribution in [2.75, 3.05) is 11.5 Å². The molecule has 5 N–H and O–H groups in total. The summed E-state index contributed by atoms with van der Waals surface area (Å²) in [6.07, 6.45) is 3.09. The van der Waals surface area contributed by atoms with Crippen LogP contribution in [-0.4, -0.2) is 19.9 Å². The number of nitrogens with zero attached hydrogens (tertiary/aromatic N) is 3. The Hall–Kier alpha value is -2.28. The molecule has 0 aliphatic rings. The fourth-order valence-electron chi connectivity index (χ4n) is 1.55. The Kier molecular flexibility index (Phi) is 2.52. The van der Waals surface area contributed by atoms with Gasteiger partial charge in [-0.2, -0.15) is 0 Å². The molecule has 7 heteroatoms. The van der Waals surface area contributed by atoms with Crippen LogP contribution in [0.1, 0.15) is 0 Å². The van der Waals surface area contributed by atoms with Crippen molar-refractivity contribution in [3.8, 4) is 0 Å². The molecule has 0 spiro atoms. The minimum absolute atomic E-state index is 0.565. The molecule has 0 atom stereocenters. The number of nitrogens with one attached hydrogen (secondary N) is 1. The number of imidazole rings is 1. The summed E-state index contributed by atoms with van der Waals surface area (Å²) in [6, 6.07) is 5.51. The largest absolute Gasteiger partial charge is 0.397 e. The minimum atomic E-state index is 0.565. The topological polar surface area (TPSA) is 106 Å². The van der Waals surface area contributed by atoms with Crippen molar-refractivity contribution in [3.63, 3.8) is 0 Å². The summed E-state index contributed by atoms with van der Waals surface area (Å²) >= 11 is 1.49. The van der Waals surface area contributed by atoms with Gasteiger partial charge in [-0.25, -0.2) is 15.0 Å². The van der Waals surface area contributed by atoms with E-state index in [2.05, 4.69) is 19.9 Å². The highest BCUT2D eigenvalue weighted by Crippen LogP contribution is 2.31. The van der Waals surface area contributed by atoms with Gasteiger partial charge in [0.05, 0.1) is 17.7 Å². The van der Waals surface area contributed by atoms with Crippen molar-refractivity contribution in [3.05, 3.63) is 30.9 Å². The van der Waals surface area contributed by atoms with Crippen LogP contribution >= 0.6 is 11.8 Å². The minimum Gasteiger partial charge on any atom is -0.397 e. The van der Waals surface area contributed by atoms with Gasteiger partial charge in [-0.1, -0.05) is 11.8 Å². The van der Waals surface area contributed by atoms with E-state index in [1.165, 1.54) is 18.1 Å². The molecule has 0 bridgehead atoms. The summed E-state index contributed by atoms with van der Waals surface area (Å²) in [7, 11) is 0. The smallest absolute Gasteiger partial charge is 0.181 e. The van der Waals surface area contributed by atoms with Crippen LogP contribution < -0.4 is 11.5 Å². The molecule has 0 radical (unpaired) electrons. The highest BCUT2D eigenvalue weighted by Gasteiger charge is 2.08. The second-order valence-electron chi connectivity index (χ2n) is 3.67. The third-order valence-corrected chi connectivity index (χ3v) is 3.45. The number of rotatable bonds is 2. The van der Waals surface area contributed by atoms with Crippen LogP contribution in [0.5, 0.6) is 0 Å². The molecular weight excluding hydrogens is 248 g/mol. The van der Waals surface area contributed by atoms with Gasteiger partial charge in [0.2, 0.25) is 0 Å². The van der Waals surface area contributed by atoms with Crippen LogP contribution in [0.2, 0.25) is 0 Å². The Morgan fingerprint density at radius 2 is 1.94 bits per heavy atom. The zero-order valence-electron chi connectivity index (χ0n) is 9.29. The van der Waals surface area contributed by atoms with Crippen molar-refractivity contribution >= 4 is 34.3 Å². The number of nitrogen functional groups attached to an aromatic ring is 2. The van der Waals surface area contributed by atoms with Gasteiger partial charge in [0.1, 0.15) is 16.9 Å². The first-order valence-corrected chi connectivity index (χ1v) is 6.02. The van der Waals surface area contributed by atoms with Crippen LogP contribution in [0.15, 0.2) is 40.8 Å². The maximum absolute atomic E-state index is 5.78. The van der Waals surface area contributed by atoms with Crippen LogP contribution in [0, 0.1) is 0 Å². The molecule has 3 rings (SSSR count). The lowest BCUT2D eigenvalue weighted by Gasteiger charge is -2.04. The molecule has 0 aliphatic heterocycles. The highest BCUT2D eigenvalue weighted by atomic mass is 32.2. The molecule has 1 aromatic carbocycles. The lowest BCUT2D eigenvalue weighted by Crippen LogP contribution is -1.94. The van der Waals surface area contributed by atoms with E-state index in [0.717, 1.165) is 15.4 Å². The zero-order chi connectivity index (χ0) is 12.5. The number of hydrogen-bond acceptors (Lipinski definition) is 6. The molecule has 18 heavy (non-hydrogen) atoms. The van der Waals surface area contributed by atoms with Gasteiger partial charge in [-0.3, -0.25) is 0 Å². The first-order valence-electron chi connectivity index (χ1n) is 5.21. The Bertz CT molecular complexity index is 708. The molecule has 90 valence electrons. The molecule has 0 aliphatic carbocycles. The summed E-state index contributed by atoms with van der Waals surface area (Å²) in [5.74, 6) is 0. The van der Waals surface area contributed by atoms with Crippen molar-refractivity contribution < 1.29 is 0 Å². The molecular formula is C11H10N6S. The van der Waals surface area contributed by atoms with Crippen molar-refractivity contribution in [1.29, 1.82) is 0 Å². The van der Waals surface area contributed by atoms with E-state index < -0.39 is 0 Å². The van der Waals surface area contributed by atoms with Gasteiger partial charge >= 0.3 is 0 Å². The number of aromatic nitrogens is 4. The van der Waals surface area contributed by atoms with Crippen LogP contribution in [0.25, 0.3) is 11.2 Å². The zero-order valence-corrected chi connectivity index (χ0v) is 10.1. The molecule has 0 amide bonds. The first-order chi connectivity index (χ1) is 8.74. The first kappa shape index (κ1) is 10.8. The number of nitrogens with two attached hydrogens (primary N) is 2. The number of hydrogen-bond donors (Lipinski definition) is 3. The van der Waals surface area contributed by atoms with Crippen LogP contribution in [-0.2, 0) is 0 Å². The van der Waals surface area contributed by atoms with E-state index in [1.807, 2.05) is 12.1 Å². The lowest BCUT2D eigenvalue weighted by atomic mass is 10.3. The fourth-order valence-corrected chi connectivity index (χ4v) is 2.45. The standard InChI is InChI=1S/C11H10N6S/c12-7-2-1-6(3-8(7)13)18-11-9-10(15-4-14-9)16-5-17-11/h1-5H,12-13H2,(H,14,15,16,17). The maximum Gasteiger partial charge on any atom is 0.181 e. The Morgan fingerprint density at radius 3 is 2.78 bits per heavy atom. The quantitative estimate of drug-likeness (QED) is 0.477. The second-order valence-corrected chi connectivity index (χ2v) is 4.73. The van der Waals surface area contributed by atoms with Crippen molar-refractivity contribution in [2.24, 2.45) is 0 Å². The second kappa shape index (κ2) is 4.19. The maximum atomic E-state index is 5.78. The van der Waals surface area contributed by atoms with E-state index in [0.29, 0.717) is 17.0 Å². The predicted molar refractivity (Wildman–Crippen MR) is 71.1 cm³/mol. The van der Waals surface area contributed by atoms with Crippen LogP contribution in [0.4, 0.5) is 11.4 Å². The molecule has 3 aromatic rings. The average molecular weight is 258 g/mol. The van der Waals surface area contributed by atoms with Crippen molar-refractivity contribution in [1.82, 2.24) is 19.9 Å². The van der Waals surface area contributed by atoms with Gasteiger partial charge in [0.15, 0.2) is 5.65 Å². The molecule has 2 aromatic heterocycles. The Morgan fingerprint density at radius 1 is 1.06 bits per heavy atom. The molecule has 0 saturated carbocycles. The molecule has 0 unspecified atom stereocenters. The summed E-state index contributed by atoms with van der Waals surface area (Å²) in [5.41, 5.74) is 14.1. The monoisotopic (exact) mass is 258 g/mol. The van der Waals surface area contributed by atoms with E-state index in [4.69, 9.17) is 11.5 Å². The van der Waals surface area contributed by atoms with Crippen molar-refractivity contribution in [2.45, 2.75) is 9.92 Å². The summed E-state index contributed by atoms with van der Waals surface area (Å²) in [5, 5.41) is 0.807. The third kappa shape index (κ3) is 1.84. The van der Waals surface area contributed by atoms with Gasteiger partial charge in [-0.05, 0) is 18.2 Å². The number of benzene rings is 1. The molecule has 0 fully saturated rings. The van der Waals surface area contributed by atoms with Gasteiger partial charge in [0.25, 0.3) is 0 Å². The van der Waals surface area contributed by atoms with Gasteiger partial charge in [0, 0.05) is 4.90 Å². The average Bonchev–Trinajstić information content (AvgIpc) is 2.83. The normalized spacial score (nSPS) is 10.9. The van der Waals surface area contributed by atoms with E-state index in [1.54, 1.807) is 12.4 Å². The van der Waals surface area contributed by atoms with E-state index >= 15 is 0 Å². The summed E-state index contributed by atoms with van der Waals surface area (Å²) < 4.78 is 0. The number of H-pyrrole nitrogens is 1. The summed E-state index contributed by atoms with van der Waals surface area (Å²) in [6.45, 7) is 0. The third-order valence-electron chi connectivity index (χ3n) is 2.46. The van der Waals surface area contributed by atoms with Gasteiger partial charge in [-0.15, -0.1) is 0 Å². The SMILES string of the molecule is Nc1ccc(Sc2ncnc3nc[nH]c23)cc1N. The fraction of sp³-hybridized carbons (Fsp3) is 0. The van der Waals surface area contributed by atoms with E-state index in [9.17, 15) is 0 Å². The number of fused-ring (bicyclic) bond motifs is 1. The summed E-state index contributed by atoms with van der Waals surface area (Å²) in [4.78, 5) is 16.4.